The number of hydrogen-bond donors (Lipinski definition) is 1. The van der Waals surface area contributed by atoms with E-state index in [-0.39, 0.29) is 30.7 Å². The number of benzene rings is 1. The molecule has 9 heteroatoms. The largest absolute Gasteiger partial charge is 0.496 e. The Hall–Kier alpha value is -0.760. The van der Waals surface area contributed by atoms with E-state index in [0.717, 1.165) is 70.0 Å². The van der Waals surface area contributed by atoms with Crippen molar-refractivity contribution in [2.45, 2.75) is 25.0 Å². The number of nitrogens with zero attached hydrogens (tertiary/aromatic N) is 2. The van der Waals surface area contributed by atoms with Crippen LogP contribution in [0, 0.1) is 0 Å². The normalized spacial score (nSPS) is 19.3. The number of carbonyl (C=O) groups excluding carboxylic acids is 1. The molecule has 1 amide bonds. The van der Waals surface area contributed by atoms with Crippen molar-refractivity contribution in [1.29, 1.82) is 0 Å². The highest BCUT2D eigenvalue weighted by molar-refractivity contribution is 6.30. The number of carbonyl (C=O) groups is 1. The maximum atomic E-state index is 13.0. The minimum absolute atomic E-state index is 0. The smallest absolute Gasteiger partial charge is 0.254 e. The molecule has 0 radical (unpaired) electrons. The Morgan fingerprint density at radius 1 is 1.14 bits per heavy atom. The quantitative estimate of drug-likeness (QED) is 0.741. The zero-order valence-electron chi connectivity index (χ0n) is 16.4. The monoisotopic (exact) mass is 453 g/mol. The third-order valence-corrected chi connectivity index (χ3v) is 5.72. The number of piperidine rings is 1. The molecule has 2 heterocycles. The Kier molecular flexibility index (Phi) is 10.3. The summed E-state index contributed by atoms with van der Waals surface area (Å²) in [5.41, 5.74) is 0.426. The summed E-state index contributed by atoms with van der Waals surface area (Å²) in [6.07, 6.45) is 1.48. The highest BCUT2D eigenvalue weighted by Gasteiger charge is 2.42. The minimum Gasteiger partial charge on any atom is -0.496 e. The molecule has 1 aromatic rings. The van der Waals surface area contributed by atoms with Crippen LogP contribution in [0.5, 0.6) is 5.75 Å². The van der Waals surface area contributed by atoms with Crippen molar-refractivity contribution in [3.05, 3.63) is 28.8 Å². The molecule has 1 aromatic carbocycles. The first-order valence-corrected chi connectivity index (χ1v) is 9.56. The lowest BCUT2D eigenvalue weighted by Crippen LogP contribution is -2.59. The fourth-order valence-electron chi connectivity index (χ4n) is 3.84. The number of amides is 1. The zero-order chi connectivity index (χ0) is 18.6. The van der Waals surface area contributed by atoms with Crippen LogP contribution in [0.3, 0.4) is 0 Å². The van der Waals surface area contributed by atoms with Crippen LogP contribution in [0.15, 0.2) is 18.2 Å². The third-order valence-electron chi connectivity index (χ3n) is 5.49. The molecule has 2 aliphatic rings. The van der Waals surface area contributed by atoms with Gasteiger partial charge in [0.2, 0.25) is 0 Å². The lowest BCUT2D eigenvalue weighted by atomic mass is 9.90. The van der Waals surface area contributed by atoms with Gasteiger partial charge in [-0.05, 0) is 44.1 Å². The Morgan fingerprint density at radius 2 is 1.79 bits per heavy atom. The number of piperazine rings is 1. The molecular weight excluding hydrogens is 425 g/mol. The van der Waals surface area contributed by atoms with Crippen LogP contribution in [-0.4, -0.2) is 74.8 Å². The van der Waals surface area contributed by atoms with Crippen LogP contribution in [0.25, 0.3) is 0 Å². The second kappa shape index (κ2) is 11.4. The Bertz CT molecular complexity index is 634. The van der Waals surface area contributed by atoms with Crippen molar-refractivity contribution in [3.63, 3.8) is 0 Å². The highest BCUT2D eigenvalue weighted by Crippen LogP contribution is 2.27. The van der Waals surface area contributed by atoms with Gasteiger partial charge in [-0.2, -0.15) is 0 Å². The van der Waals surface area contributed by atoms with Crippen molar-refractivity contribution in [3.8, 4) is 5.75 Å². The second-order valence-electron chi connectivity index (χ2n) is 6.97. The summed E-state index contributed by atoms with van der Waals surface area (Å²) < 4.78 is 11.1. The average Bonchev–Trinajstić information content (AvgIpc) is 2.69. The van der Waals surface area contributed by atoms with Crippen LogP contribution < -0.4 is 10.1 Å². The van der Waals surface area contributed by atoms with Gasteiger partial charge in [-0.3, -0.25) is 9.69 Å². The predicted octanol–water partition coefficient (Wildman–Crippen LogP) is 2.61. The van der Waals surface area contributed by atoms with E-state index in [9.17, 15) is 4.79 Å². The SMILES string of the molecule is COc1ccc(Cl)cc1CN1CCN(C(=O)C2(OC)CCNCC2)CC1.Cl.Cl. The zero-order valence-corrected chi connectivity index (χ0v) is 18.8. The molecule has 0 atom stereocenters. The van der Waals surface area contributed by atoms with Crippen molar-refractivity contribution < 1.29 is 14.3 Å². The van der Waals surface area contributed by atoms with Gasteiger partial charge in [0.1, 0.15) is 11.4 Å². The summed E-state index contributed by atoms with van der Waals surface area (Å²) in [5.74, 6) is 0.988. The van der Waals surface area contributed by atoms with E-state index in [0.29, 0.717) is 5.02 Å². The van der Waals surface area contributed by atoms with Gasteiger partial charge in [0.05, 0.1) is 7.11 Å². The first kappa shape index (κ1) is 25.3. The first-order valence-electron chi connectivity index (χ1n) is 9.18. The second-order valence-corrected chi connectivity index (χ2v) is 7.41. The lowest BCUT2D eigenvalue weighted by Gasteiger charge is -2.42. The van der Waals surface area contributed by atoms with E-state index < -0.39 is 5.60 Å². The van der Waals surface area contributed by atoms with Gasteiger partial charge in [-0.15, -0.1) is 24.8 Å². The maximum absolute atomic E-state index is 13.0. The fourth-order valence-corrected chi connectivity index (χ4v) is 4.04. The molecule has 0 saturated carbocycles. The van der Waals surface area contributed by atoms with E-state index in [1.165, 1.54) is 0 Å². The Morgan fingerprint density at radius 3 is 2.36 bits per heavy atom. The number of hydrogen-bond acceptors (Lipinski definition) is 5. The third kappa shape index (κ3) is 5.65. The van der Waals surface area contributed by atoms with Crippen LogP contribution >= 0.6 is 36.4 Å². The van der Waals surface area contributed by atoms with Gasteiger partial charge >= 0.3 is 0 Å². The number of methoxy groups -OCH3 is 2. The molecule has 0 spiro atoms. The molecule has 3 rings (SSSR count). The summed E-state index contributed by atoms with van der Waals surface area (Å²) in [5, 5.41) is 4.01. The maximum Gasteiger partial charge on any atom is 0.254 e. The van der Waals surface area contributed by atoms with Gasteiger partial charge in [0, 0.05) is 50.4 Å². The summed E-state index contributed by atoms with van der Waals surface area (Å²) in [6, 6.07) is 5.69. The van der Waals surface area contributed by atoms with Crippen molar-refractivity contribution in [2.24, 2.45) is 0 Å². The molecule has 2 aliphatic heterocycles. The van der Waals surface area contributed by atoms with Crippen LogP contribution in [0.2, 0.25) is 5.02 Å². The van der Waals surface area contributed by atoms with Crippen LogP contribution in [0.1, 0.15) is 18.4 Å². The van der Waals surface area contributed by atoms with E-state index in [1.54, 1.807) is 14.2 Å². The van der Waals surface area contributed by atoms with E-state index >= 15 is 0 Å². The van der Waals surface area contributed by atoms with Crippen molar-refractivity contribution in [2.75, 3.05) is 53.5 Å². The van der Waals surface area contributed by atoms with Crippen LogP contribution in [-0.2, 0) is 16.1 Å². The predicted molar refractivity (Wildman–Crippen MR) is 116 cm³/mol. The molecule has 2 saturated heterocycles. The molecule has 0 unspecified atom stereocenters. The van der Waals surface area contributed by atoms with E-state index in [1.807, 2.05) is 23.1 Å². The number of rotatable bonds is 5. The molecule has 6 nitrogen and oxygen atoms in total. The molecule has 160 valence electrons. The number of ether oxygens (including phenoxy) is 2. The van der Waals surface area contributed by atoms with Gasteiger partial charge in [0.15, 0.2) is 0 Å². The average molecular weight is 455 g/mol. The van der Waals surface area contributed by atoms with Crippen molar-refractivity contribution in [1.82, 2.24) is 15.1 Å². The summed E-state index contributed by atoms with van der Waals surface area (Å²) in [7, 11) is 3.33. The van der Waals surface area contributed by atoms with E-state index in [4.69, 9.17) is 21.1 Å². The molecule has 2 fully saturated rings. The summed E-state index contributed by atoms with van der Waals surface area (Å²) in [4.78, 5) is 17.3. The number of nitrogens with one attached hydrogen (secondary N) is 1. The molecule has 0 bridgehead atoms. The minimum atomic E-state index is -0.649. The summed E-state index contributed by atoms with van der Waals surface area (Å²) >= 11 is 6.13. The molecular formula is C19H30Cl3N3O3. The topological polar surface area (TPSA) is 54.0 Å². The molecule has 0 aliphatic carbocycles. The number of halogens is 3. The molecule has 1 N–H and O–H groups in total. The van der Waals surface area contributed by atoms with Gasteiger partial charge < -0.3 is 19.7 Å². The lowest BCUT2D eigenvalue weighted by molar-refractivity contribution is -0.160. The highest BCUT2D eigenvalue weighted by atomic mass is 35.5. The van der Waals surface area contributed by atoms with Gasteiger partial charge in [-0.25, -0.2) is 0 Å². The first-order chi connectivity index (χ1) is 12.6. The fraction of sp³-hybridized carbons (Fsp3) is 0.632. The molecule has 0 aromatic heterocycles. The van der Waals surface area contributed by atoms with Crippen LogP contribution in [0.4, 0.5) is 0 Å². The molecule has 28 heavy (non-hydrogen) atoms. The van der Waals surface area contributed by atoms with Gasteiger partial charge in [0.25, 0.3) is 5.91 Å². The standard InChI is InChI=1S/C19H28ClN3O3.2ClH/c1-25-17-4-3-16(20)13-15(17)14-22-9-11-23(12-10-22)18(24)19(26-2)5-7-21-8-6-19;;/h3-4,13,21H,5-12,14H2,1-2H3;2*1H. The van der Waals surface area contributed by atoms with Gasteiger partial charge in [-0.1, -0.05) is 11.6 Å². The summed E-state index contributed by atoms with van der Waals surface area (Å²) in [6.45, 7) is 5.53. The van der Waals surface area contributed by atoms with E-state index in [2.05, 4.69) is 10.2 Å². The Balaban J connectivity index is 0.00000196. The van der Waals surface area contributed by atoms with Crippen molar-refractivity contribution >= 4 is 42.3 Å². The Labute approximate surface area is 184 Å².